The molecule has 0 aliphatic carbocycles. The molecule has 0 aliphatic rings. The van der Waals surface area contributed by atoms with Gasteiger partial charge in [0.1, 0.15) is 5.75 Å². The molecular weight excluding hydrogens is 356 g/mol. The lowest BCUT2D eigenvalue weighted by Gasteiger charge is -2.06. The van der Waals surface area contributed by atoms with Gasteiger partial charge in [-0.1, -0.05) is 31.9 Å². The molecule has 0 atom stereocenters. The first-order valence-corrected chi connectivity index (χ1v) is 10.4. The molecule has 0 radical (unpaired) electrons. The van der Waals surface area contributed by atoms with Crippen LogP contribution in [-0.2, 0) is 4.79 Å². The van der Waals surface area contributed by atoms with Crippen molar-refractivity contribution in [1.29, 1.82) is 0 Å². The van der Waals surface area contributed by atoms with Crippen molar-refractivity contribution in [3.05, 3.63) is 65.1 Å². The molecule has 2 aromatic heterocycles. The van der Waals surface area contributed by atoms with E-state index in [1.54, 1.807) is 29.8 Å². The number of nitrogens with zero attached hydrogens (tertiary/aromatic N) is 1. The molecule has 0 saturated carbocycles. The Bertz CT molecular complexity index is 709. The van der Waals surface area contributed by atoms with Gasteiger partial charge < -0.3 is 10.1 Å². The molecule has 0 aromatic carbocycles. The average Bonchev–Trinajstić information content (AvgIpc) is 3.22. The van der Waals surface area contributed by atoms with Gasteiger partial charge in [0.2, 0.25) is 5.91 Å². The standard InChI is InChI=1S/C22H28N2O2S/c1-2-3-4-8-19(20-12-16-27-18-20)9-5-11-22(25)24-14-7-15-26-21-10-6-13-23-17-21/h5-6,9-13,16-18H,2-4,7-8,14-15H2,1H3,(H,24,25)/b11-5+,19-9+. The molecule has 0 bridgehead atoms. The number of aromatic nitrogens is 1. The minimum atomic E-state index is -0.0779. The van der Waals surface area contributed by atoms with Crippen molar-refractivity contribution in [3.63, 3.8) is 0 Å². The zero-order valence-electron chi connectivity index (χ0n) is 15.9. The van der Waals surface area contributed by atoms with E-state index in [4.69, 9.17) is 4.74 Å². The molecule has 1 amide bonds. The first kappa shape index (κ1) is 20.9. The number of thiophene rings is 1. The van der Waals surface area contributed by atoms with Gasteiger partial charge in [-0.05, 0) is 59.4 Å². The highest BCUT2D eigenvalue weighted by Gasteiger charge is 2.01. The minimum Gasteiger partial charge on any atom is -0.492 e. The molecule has 27 heavy (non-hydrogen) atoms. The summed E-state index contributed by atoms with van der Waals surface area (Å²) in [6.07, 6.45) is 14.3. The lowest BCUT2D eigenvalue weighted by molar-refractivity contribution is -0.116. The van der Waals surface area contributed by atoms with Crippen molar-refractivity contribution in [2.24, 2.45) is 0 Å². The average molecular weight is 385 g/mol. The second-order valence-electron chi connectivity index (χ2n) is 6.20. The van der Waals surface area contributed by atoms with Crippen molar-refractivity contribution >= 4 is 22.8 Å². The predicted octanol–water partition coefficient (Wildman–Crippen LogP) is 5.25. The monoisotopic (exact) mass is 384 g/mol. The zero-order chi connectivity index (χ0) is 19.2. The Balaban J connectivity index is 1.70. The predicted molar refractivity (Wildman–Crippen MR) is 113 cm³/mol. The van der Waals surface area contributed by atoms with Gasteiger partial charge in [-0.3, -0.25) is 9.78 Å². The number of allylic oxidation sites excluding steroid dienone is 3. The largest absolute Gasteiger partial charge is 0.492 e. The highest BCUT2D eigenvalue weighted by atomic mass is 32.1. The Morgan fingerprint density at radius 3 is 2.96 bits per heavy atom. The van der Waals surface area contributed by atoms with Gasteiger partial charge in [-0.2, -0.15) is 11.3 Å². The van der Waals surface area contributed by atoms with E-state index in [1.165, 1.54) is 30.4 Å². The molecule has 144 valence electrons. The molecule has 2 heterocycles. The molecule has 1 N–H and O–H groups in total. The Kier molecular flexibility index (Phi) is 9.97. The first-order chi connectivity index (χ1) is 13.3. The lowest BCUT2D eigenvalue weighted by atomic mass is 10.0. The van der Waals surface area contributed by atoms with E-state index >= 15 is 0 Å². The fraction of sp³-hybridized carbons (Fsp3) is 0.364. The molecule has 2 rings (SSSR count). The summed E-state index contributed by atoms with van der Waals surface area (Å²) in [5.74, 6) is 0.670. The Morgan fingerprint density at radius 2 is 2.22 bits per heavy atom. The maximum absolute atomic E-state index is 11.9. The van der Waals surface area contributed by atoms with Crippen LogP contribution in [0.25, 0.3) is 5.57 Å². The third kappa shape index (κ3) is 8.69. The number of carbonyl (C=O) groups excluding carboxylic acids is 1. The van der Waals surface area contributed by atoms with Gasteiger partial charge in [-0.25, -0.2) is 0 Å². The zero-order valence-corrected chi connectivity index (χ0v) is 16.7. The van der Waals surface area contributed by atoms with E-state index in [9.17, 15) is 4.79 Å². The van der Waals surface area contributed by atoms with E-state index in [-0.39, 0.29) is 5.91 Å². The number of hydrogen-bond acceptors (Lipinski definition) is 4. The fourth-order valence-electron chi connectivity index (χ4n) is 2.55. The van der Waals surface area contributed by atoms with Gasteiger partial charge in [0.15, 0.2) is 0 Å². The van der Waals surface area contributed by atoms with Gasteiger partial charge in [0.25, 0.3) is 0 Å². The second kappa shape index (κ2) is 12.9. The number of amides is 1. The van der Waals surface area contributed by atoms with Gasteiger partial charge in [-0.15, -0.1) is 0 Å². The number of nitrogens with one attached hydrogen (secondary N) is 1. The summed E-state index contributed by atoms with van der Waals surface area (Å²) in [5, 5.41) is 7.13. The van der Waals surface area contributed by atoms with Crippen LogP contribution in [-0.4, -0.2) is 24.0 Å². The molecule has 0 fully saturated rings. The number of hydrogen-bond donors (Lipinski definition) is 1. The van der Waals surface area contributed by atoms with Crippen LogP contribution in [0.2, 0.25) is 0 Å². The first-order valence-electron chi connectivity index (χ1n) is 9.50. The van der Waals surface area contributed by atoms with Crippen molar-refractivity contribution in [2.75, 3.05) is 13.2 Å². The van der Waals surface area contributed by atoms with Crippen molar-refractivity contribution in [1.82, 2.24) is 10.3 Å². The number of ether oxygens (including phenoxy) is 1. The summed E-state index contributed by atoms with van der Waals surface area (Å²) >= 11 is 1.70. The Hall–Kier alpha value is -2.40. The molecule has 0 saturated heterocycles. The third-order valence-electron chi connectivity index (χ3n) is 4.01. The van der Waals surface area contributed by atoms with Crippen molar-refractivity contribution < 1.29 is 9.53 Å². The van der Waals surface area contributed by atoms with Crippen LogP contribution in [0.4, 0.5) is 0 Å². The highest BCUT2D eigenvalue weighted by molar-refractivity contribution is 7.08. The Morgan fingerprint density at radius 1 is 1.30 bits per heavy atom. The van der Waals surface area contributed by atoms with E-state index in [2.05, 4.69) is 40.1 Å². The van der Waals surface area contributed by atoms with Gasteiger partial charge in [0.05, 0.1) is 12.8 Å². The van der Waals surface area contributed by atoms with E-state index < -0.39 is 0 Å². The van der Waals surface area contributed by atoms with Crippen LogP contribution in [0.5, 0.6) is 5.75 Å². The maximum atomic E-state index is 11.9. The summed E-state index contributed by atoms with van der Waals surface area (Å²) < 4.78 is 5.55. The molecule has 0 unspecified atom stereocenters. The second-order valence-corrected chi connectivity index (χ2v) is 6.98. The molecule has 2 aromatic rings. The summed E-state index contributed by atoms with van der Waals surface area (Å²) in [4.78, 5) is 15.9. The van der Waals surface area contributed by atoms with Gasteiger partial charge >= 0.3 is 0 Å². The molecule has 4 nitrogen and oxygen atoms in total. The van der Waals surface area contributed by atoms with Crippen LogP contribution in [0.1, 0.15) is 44.6 Å². The van der Waals surface area contributed by atoms with Crippen LogP contribution < -0.4 is 10.1 Å². The fourth-order valence-corrected chi connectivity index (χ4v) is 3.23. The molecule has 0 spiro atoms. The van der Waals surface area contributed by atoms with E-state index in [1.807, 2.05) is 18.2 Å². The quantitative estimate of drug-likeness (QED) is 0.309. The molecule has 5 heteroatoms. The number of pyridine rings is 1. The maximum Gasteiger partial charge on any atom is 0.243 e. The number of carbonyl (C=O) groups is 1. The Labute approximate surface area is 166 Å². The van der Waals surface area contributed by atoms with E-state index in [0.29, 0.717) is 13.2 Å². The molecule has 0 aliphatic heterocycles. The van der Waals surface area contributed by atoms with Crippen molar-refractivity contribution in [3.8, 4) is 5.75 Å². The normalized spacial score (nSPS) is 11.7. The van der Waals surface area contributed by atoms with Crippen LogP contribution in [0, 0.1) is 0 Å². The topological polar surface area (TPSA) is 51.2 Å². The number of unbranched alkanes of at least 4 members (excludes halogenated alkanes) is 2. The smallest absolute Gasteiger partial charge is 0.243 e. The van der Waals surface area contributed by atoms with Crippen molar-refractivity contribution in [2.45, 2.75) is 39.0 Å². The summed E-state index contributed by atoms with van der Waals surface area (Å²) in [5.41, 5.74) is 2.55. The third-order valence-corrected chi connectivity index (χ3v) is 4.69. The lowest BCUT2D eigenvalue weighted by Crippen LogP contribution is -2.23. The number of rotatable bonds is 12. The van der Waals surface area contributed by atoms with Crippen LogP contribution >= 0.6 is 11.3 Å². The van der Waals surface area contributed by atoms with Crippen LogP contribution in [0.3, 0.4) is 0 Å². The summed E-state index contributed by atoms with van der Waals surface area (Å²) in [6.45, 7) is 3.34. The van der Waals surface area contributed by atoms with E-state index in [0.717, 1.165) is 18.6 Å². The summed E-state index contributed by atoms with van der Waals surface area (Å²) in [6, 6.07) is 5.84. The minimum absolute atomic E-state index is 0.0779. The summed E-state index contributed by atoms with van der Waals surface area (Å²) in [7, 11) is 0. The molecular formula is C22H28N2O2S. The SMILES string of the molecule is CCCCC/C(=C\C=C\C(=O)NCCCOc1cccnc1)c1ccsc1. The van der Waals surface area contributed by atoms with Gasteiger partial charge in [0, 0.05) is 18.8 Å². The van der Waals surface area contributed by atoms with Crippen LogP contribution in [0.15, 0.2) is 59.6 Å². The highest BCUT2D eigenvalue weighted by Crippen LogP contribution is 2.23.